The summed E-state index contributed by atoms with van der Waals surface area (Å²) in [5.41, 5.74) is 8.94. The summed E-state index contributed by atoms with van der Waals surface area (Å²) in [6, 6.07) is 45.6. The molecule has 0 saturated heterocycles. The first-order chi connectivity index (χ1) is 22.0. The molecule has 8 rings (SSSR count). The number of rotatable bonds is 4. The third kappa shape index (κ3) is 3.90. The Morgan fingerprint density at radius 3 is 1.83 bits per heavy atom. The molecule has 0 N–H and O–H groups in total. The minimum atomic E-state index is -2.35. The van der Waals surface area contributed by atoms with Crippen molar-refractivity contribution >= 4 is 32.6 Å². The Morgan fingerprint density at radius 2 is 1.17 bits per heavy atom. The summed E-state index contributed by atoms with van der Waals surface area (Å²) in [5.74, 6) is 0.0604. The summed E-state index contributed by atoms with van der Waals surface area (Å²) >= 11 is 0. The number of hydrogen-bond donors (Lipinski definition) is 0. The van der Waals surface area contributed by atoms with Gasteiger partial charge in [-0.3, -0.25) is 9.55 Å². The van der Waals surface area contributed by atoms with E-state index >= 15 is 0 Å². The van der Waals surface area contributed by atoms with E-state index in [2.05, 4.69) is 101 Å². The summed E-state index contributed by atoms with van der Waals surface area (Å²) in [7, 11) is 0. The van der Waals surface area contributed by atoms with Crippen molar-refractivity contribution in [3.8, 4) is 39.1 Å². The minimum Gasteiger partial charge on any atom is -0.297 e. The number of fused-ring (bicyclic) bond motifs is 3. The zero-order valence-electron chi connectivity index (χ0n) is 25.7. The Kier molecular flexibility index (Phi) is 4.97. The van der Waals surface area contributed by atoms with E-state index < -0.39 is 6.85 Å². The quantitative estimate of drug-likeness (QED) is 0.208. The maximum atomic E-state index is 8.15. The Morgan fingerprint density at radius 1 is 0.548 bits per heavy atom. The van der Waals surface area contributed by atoms with Crippen LogP contribution in [0, 0.1) is 6.85 Å². The molecule has 0 spiro atoms. The molecular formula is C39H27N3. The molecule has 0 radical (unpaired) electrons. The molecule has 0 atom stereocenters. The van der Waals surface area contributed by atoms with Crippen molar-refractivity contribution in [3.05, 3.63) is 152 Å². The molecule has 8 aromatic rings. The van der Waals surface area contributed by atoms with Gasteiger partial charge in [-0.15, -0.1) is 0 Å². The first kappa shape index (κ1) is 21.2. The van der Waals surface area contributed by atoms with Gasteiger partial charge >= 0.3 is 0 Å². The van der Waals surface area contributed by atoms with E-state index in [4.69, 9.17) is 4.11 Å². The van der Waals surface area contributed by atoms with Gasteiger partial charge in [-0.2, -0.15) is 0 Å². The van der Waals surface area contributed by atoms with Crippen LogP contribution < -0.4 is 0 Å². The van der Waals surface area contributed by atoms with Gasteiger partial charge in [0, 0.05) is 27.8 Å². The van der Waals surface area contributed by atoms with Crippen LogP contribution in [0.2, 0.25) is 0 Å². The molecule has 3 nitrogen and oxygen atoms in total. The standard InChI is InChI=1S/C39H27N3/c1-26-41-36-17-6-7-18-37(36)42(26)31-21-19-27(20-22-31)38-32-13-2-4-15-34(32)39(35-16-5-3-14-33(35)38)29-11-8-10-28(24-29)30-12-9-23-40-25-30/h2-25H,1H3/i1D3. The van der Waals surface area contributed by atoms with Gasteiger partial charge in [-0.25, -0.2) is 4.98 Å². The lowest BCUT2D eigenvalue weighted by atomic mass is 9.85. The van der Waals surface area contributed by atoms with Crippen LogP contribution in [0.3, 0.4) is 0 Å². The first-order valence-corrected chi connectivity index (χ1v) is 14.0. The molecule has 0 aliphatic carbocycles. The third-order valence-corrected chi connectivity index (χ3v) is 8.05. The van der Waals surface area contributed by atoms with E-state index in [-0.39, 0.29) is 5.82 Å². The Balaban J connectivity index is 1.33. The van der Waals surface area contributed by atoms with Gasteiger partial charge in [-0.05, 0) is 92.6 Å². The highest BCUT2D eigenvalue weighted by atomic mass is 15.1. The SMILES string of the molecule is [2H]C([2H])([2H])c1nc2ccccc2n1-c1ccc(-c2c3ccccc3c(-c3cccc(-c4cccnc4)c3)c3ccccc23)cc1. The van der Waals surface area contributed by atoms with Crippen LogP contribution in [0.4, 0.5) is 0 Å². The lowest BCUT2D eigenvalue weighted by Crippen LogP contribution is -1.97. The minimum absolute atomic E-state index is 0.0604. The van der Waals surface area contributed by atoms with Crippen LogP contribution in [0.25, 0.3) is 71.6 Å². The number of para-hydroxylation sites is 2. The molecule has 0 aliphatic rings. The van der Waals surface area contributed by atoms with E-state index in [0.717, 1.165) is 49.8 Å². The van der Waals surface area contributed by atoms with E-state index in [1.165, 1.54) is 16.3 Å². The number of benzene rings is 6. The van der Waals surface area contributed by atoms with Crippen molar-refractivity contribution in [2.75, 3.05) is 0 Å². The highest BCUT2D eigenvalue weighted by Gasteiger charge is 2.17. The predicted molar refractivity (Wildman–Crippen MR) is 175 cm³/mol. The maximum Gasteiger partial charge on any atom is 0.111 e. The average molecular weight is 541 g/mol. The van der Waals surface area contributed by atoms with Gasteiger partial charge in [0.25, 0.3) is 0 Å². The fraction of sp³-hybridized carbons (Fsp3) is 0.0256. The van der Waals surface area contributed by atoms with Gasteiger partial charge in [0.1, 0.15) is 5.82 Å². The lowest BCUT2D eigenvalue weighted by molar-refractivity contribution is 1.00. The second-order valence-corrected chi connectivity index (χ2v) is 10.5. The summed E-state index contributed by atoms with van der Waals surface area (Å²) in [4.78, 5) is 8.81. The normalized spacial score (nSPS) is 12.8. The van der Waals surface area contributed by atoms with Gasteiger partial charge in [0.2, 0.25) is 0 Å². The van der Waals surface area contributed by atoms with E-state index in [0.29, 0.717) is 5.52 Å². The van der Waals surface area contributed by atoms with Gasteiger partial charge in [-0.1, -0.05) is 97.1 Å². The molecule has 0 fully saturated rings. The molecule has 2 aromatic heterocycles. The third-order valence-electron chi connectivity index (χ3n) is 8.05. The van der Waals surface area contributed by atoms with Crippen LogP contribution in [0.5, 0.6) is 0 Å². The monoisotopic (exact) mass is 540 g/mol. The maximum absolute atomic E-state index is 8.15. The zero-order valence-corrected chi connectivity index (χ0v) is 22.7. The second-order valence-electron chi connectivity index (χ2n) is 10.5. The second kappa shape index (κ2) is 9.83. The molecule has 6 aromatic carbocycles. The smallest absolute Gasteiger partial charge is 0.111 e. The number of imidazole rings is 1. The van der Waals surface area contributed by atoms with E-state index in [9.17, 15) is 0 Å². The molecule has 0 bridgehead atoms. The highest BCUT2D eigenvalue weighted by Crippen LogP contribution is 2.44. The molecule has 198 valence electrons. The molecule has 0 aliphatic heterocycles. The number of aryl methyl sites for hydroxylation is 1. The van der Waals surface area contributed by atoms with Gasteiger partial charge in [0.05, 0.1) is 11.0 Å². The van der Waals surface area contributed by atoms with Gasteiger partial charge < -0.3 is 0 Å². The van der Waals surface area contributed by atoms with Crippen molar-refractivity contribution < 1.29 is 4.11 Å². The fourth-order valence-corrected chi connectivity index (χ4v) is 6.20. The summed E-state index contributed by atoms with van der Waals surface area (Å²) < 4.78 is 26.2. The lowest BCUT2D eigenvalue weighted by Gasteiger charge is -2.18. The summed E-state index contributed by atoms with van der Waals surface area (Å²) in [5, 5.41) is 4.65. The van der Waals surface area contributed by atoms with Crippen molar-refractivity contribution in [1.82, 2.24) is 14.5 Å². The van der Waals surface area contributed by atoms with Crippen molar-refractivity contribution in [1.29, 1.82) is 0 Å². The van der Waals surface area contributed by atoms with E-state index in [1.54, 1.807) is 10.8 Å². The fourth-order valence-electron chi connectivity index (χ4n) is 6.20. The van der Waals surface area contributed by atoms with Crippen molar-refractivity contribution in [2.45, 2.75) is 6.85 Å². The predicted octanol–water partition coefficient (Wildman–Crippen LogP) is 10.0. The topological polar surface area (TPSA) is 30.7 Å². The van der Waals surface area contributed by atoms with Crippen molar-refractivity contribution in [3.63, 3.8) is 0 Å². The number of pyridine rings is 1. The number of hydrogen-bond acceptors (Lipinski definition) is 2. The summed E-state index contributed by atoms with van der Waals surface area (Å²) in [6.45, 7) is -2.35. The number of aromatic nitrogens is 3. The Hall–Kier alpha value is -5.54. The number of nitrogens with zero attached hydrogens (tertiary/aromatic N) is 3. The van der Waals surface area contributed by atoms with Gasteiger partial charge in [0.15, 0.2) is 0 Å². The summed E-state index contributed by atoms with van der Waals surface area (Å²) in [6.07, 6.45) is 3.69. The molecular weight excluding hydrogens is 510 g/mol. The molecule has 0 unspecified atom stereocenters. The Bertz CT molecular complexity index is 2300. The zero-order chi connectivity index (χ0) is 30.5. The van der Waals surface area contributed by atoms with Crippen LogP contribution in [-0.4, -0.2) is 14.5 Å². The molecule has 42 heavy (non-hydrogen) atoms. The largest absolute Gasteiger partial charge is 0.297 e. The van der Waals surface area contributed by atoms with Crippen LogP contribution >= 0.6 is 0 Å². The van der Waals surface area contributed by atoms with Crippen LogP contribution in [0.15, 0.2) is 146 Å². The average Bonchev–Trinajstić information content (AvgIpc) is 3.48. The highest BCUT2D eigenvalue weighted by molar-refractivity contribution is 6.21. The molecule has 2 heterocycles. The van der Waals surface area contributed by atoms with E-state index in [1.807, 2.05) is 48.7 Å². The molecule has 0 saturated carbocycles. The van der Waals surface area contributed by atoms with Crippen LogP contribution in [0.1, 0.15) is 9.94 Å². The first-order valence-electron chi connectivity index (χ1n) is 15.5. The molecule has 3 heteroatoms. The van der Waals surface area contributed by atoms with Crippen molar-refractivity contribution in [2.24, 2.45) is 0 Å². The molecule has 0 amide bonds. The Labute approximate surface area is 248 Å². The van der Waals surface area contributed by atoms with Crippen LogP contribution in [-0.2, 0) is 0 Å².